The second-order valence-electron chi connectivity index (χ2n) is 11.9. The van der Waals surface area contributed by atoms with Crippen molar-refractivity contribution < 1.29 is 29.0 Å². The van der Waals surface area contributed by atoms with E-state index in [1.807, 2.05) is 24.3 Å². The maximum atomic E-state index is 13.5. The number of halogens is 2. The van der Waals surface area contributed by atoms with Crippen LogP contribution in [-0.4, -0.2) is 64.1 Å². The first kappa shape index (κ1) is 29.3. The van der Waals surface area contributed by atoms with Gasteiger partial charge in [0.1, 0.15) is 18.0 Å². The molecule has 3 aromatic rings. The SMILES string of the molecule is CC(C)(COc1ccccc1-c1ccc(C(=O)N2CCC(N3C(=O)C4(CC4)Oc4ncc(Cl)cc43)CC2)c(Cl)c1)C(=O)O. The van der Waals surface area contributed by atoms with Crippen molar-refractivity contribution >= 4 is 46.7 Å². The molecular weight excluding hydrogens is 593 g/mol. The van der Waals surface area contributed by atoms with Crippen LogP contribution in [0.15, 0.2) is 54.7 Å². The first-order chi connectivity index (χ1) is 20.5. The molecule has 1 aliphatic carbocycles. The Balaban J connectivity index is 1.16. The van der Waals surface area contributed by atoms with Crippen LogP contribution < -0.4 is 14.4 Å². The third kappa shape index (κ3) is 5.52. The summed E-state index contributed by atoms with van der Waals surface area (Å²) in [7, 11) is 0. The van der Waals surface area contributed by atoms with E-state index >= 15 is 0 Å². The number of pyridine rings is 1. The molecule has 3 heterocycles. The number of amides is 2. The third-order valence-electron chi connectivity index (χ3n) is 8.34. The van der Waals surface area contributed by atoms with Crippen molar-refractivity contribution in [2.24, 2.45) is 5.41 Å². The van der Waals surface area contributed by atoms with Crippen molar-refractivity contribution in [1.82, 2.24) is 9.88 Å². The van der Waals surface area contributed by atoms with Gasteiger partial charge in [0.2, 0.25) is 5.88 Å². The monoisotopic (exact) mass is 623 g/mol. The van der Waals surface area contributed by atoms with Crippen LogP contribution >= 0.6 is 23.2 Å². The number of nitrogens with zero attached hydrogens (tertiary/aromatic N) is 3. The largest absolute Gasteiger partial charge is 0.492 e. The zero-order valence-corrected chi connectivity index (χ0v) is 25.3. The number of likely N-dealkylation sites (tertiary alicyclic amines) is 1. The van der Waals surface area contributed by atoms with Gasteiger partial charge in [0.15, 0.2) is 5.60 Å². The van der Waals surface area contributed by atoms with Gasteiger partial charge in [0, 0.05) is 43.7 Å². The first-order valence-electron chi connectivity index (χ1n) is 14.2. The molecular formula is C32H31Cl2N3O6. The highest BCUT2D eigenvalue weighted by Gasteiger charge is 2.59. The van der Waals surface area contributed by atoms with E-state index in [4.69, 9.17) is 32.7 Å². The predicted octanol–water partition coefficient (Wildman–Crippen LogP) is 6.11. The summed E-state index contributed by atoms with van der Waals surface area (Å²) in [4.78, 5) is 46.4. The van der Waals surface area contributed by atoms with E-state index in [2.05, 4.69) is 4.98 Å². The Kier molecular flexibility index (Phi) is 7.50. The van der Waals surface area contributed by atoms with Gasteiger partial charge in [-0.05, 0) is 56.5 Å². The number of hydrogen-bond acceptors (Lipinski definition) is 6. The number of hydrogen-bond donors (Lipinski definition) is 1. The van der Waals surface area contributed by atoms with Crippen LogP contribution in [-0.2, 0) is 9.59 Å². The topological polar surface area (TPSA) is 109 Å². The highest BCUT2D eigenvalue weighted by atomic mass is 35.5. The average molecular weight is 625 g/mol. The van der Waals surface area contributed by atoms with Gasteiger partial charge in [0.05, 0.1) is 21.0 Å². The average Bonchev–Trinajstić information content (AvgIpc) is 3.77. The van der Waals surface area contributed by atoms with E-state index in [-0.39, 0.29) is 24.5 Å². The molecule has 2 amide bonds. The van der Waals surface area contributed by atoms with E-state index in [0.29, 0.717) is 71.7 Å². The van der Waals surface area contributed by atoms with E-state index in [9.17, 15) is 19.5 Å². The summed E-state index contributed by atoms with van der Waals surface area (Å²) in [5, 5.41) is 10.2. The van der Waals surface area contributed by atoms with E-state index in [1.54, 1.807) is 47.9 Å². The Labute approximate surface area is 259 Å². The number of fused-ring (bicyclic) bond motifs is 1. The number of piperidine rings is 1. The Morgan fingerprint density at radius 3 is 2.51 bits per heavy atom. The number of ether oxygens (including phenoxy) is 2. The number of aromatic nitrogens is 1. The Hall–Kier alpha value is -3.82. The number of rotatable bonds is 7. The summed E-state index contributed by atoms with van der Waals surface area (Å²) in [5.74, 6) is -0.250. The number of aliphatic carboxylic acids is 1. The normalized spacial score (nSPS) is 17.8. The molecule has 3 aliphatic rings. The van der Waals surface area contributed by atoms with Gasteiger partial charge in [0.25, 0.3) is 11.8 Å². The summed E-state index contributed by atoms with van der Waals surface area (Å²) >= 11 is 12.9. The lowest BCUT2D eigenvalue weighted by Crippen LogP contribution is -2.55. The molecule has 0 unspecified atom stereocenters. The molecule has 2 aliphatic heterocycles. The zero-order valence-electron chi connectivity index (χ0n) is 23.8. The second-order valence-corrected chi connectivity index (χ2v) is 12.8. The highest BCUT2D eigenvalue weighted by Crippen LogP contribution is 2.50. The lowest BCUT2D eigenvalue weighted by atomic mass is 9.95. The molecule has 9 nitrogen and oxygen atoms in total. The van der Waals surface area contributed by atoms with Gasteiger partial charge in [-0.1, -0.05) is 47.5 Å². The maximum Gasteiger partial charge on any atom is 0.312 e. The molecule has 1 N–H and O–H groups in total. The van der Waals surface area contributed by atoms with Crippen LogP contribution in [0.2, 0.25) is 10.0 Å². The molecule has 1 saturated carbocycles. The molecule has 0 radical (unpaired) electrons. The van der Waals surface area contributed by atoms with Crippen molar-refractivity contribution in [3.05, 3.63) is 70.3 Å². The molecule has 11 heteroatoms. The van der Waals surface area contributed by atoms with Crippen molar-refractivity contribution in [3.8, 4) is 22.8 Å². The fourth-order valence-corrected chi connectivity index (χ4v) is 5.93. The van der Waals surface area contributed by atoms with Crippen LogP contribution in [0.4, 0.5) is 5.69 Å². The van der Waals surface area contributed by atoms with Gasteiger partial charge >= 0.3 is 5.97 Å². The molecule has 0 atom stereocenters. The van der Waals surface area contributed by atoms with E-state index in [0.717, 1.165) is 11.1 Å². The molecule has 6 rings (SSSR count). The highest BCUT2D eigenvalue weighted by molar-refractivity contribution is 6.34. The van der Waals surface area contributed by atoms with Crippen molar-refractivity contribution in [2.45, 2.75) is 51.2 Å². The van der Waals surface area contributed by atoms with Crippen molar-refractivity contribution in [2.75, 3.05) is 24.6 Å². The van der Waals surface area contributed by atoms with Crippen LogP contribution in [0.25, 0.3) is 11.1 Å². The zero-order chi connectivity index (χ0) is 30.5. The van der Waals surface area contributed by atoms with Crippen molar-refractivity contribution in [3.63, 3.8) is 0 Å². The standard InChI is InChI=1S/C32H31Cl2N3O6/c1-31(2,30(40)41)18-42-26-6-4-3-5-22(26)19-7-8-23(24(34)15-19)28(38)36-13-9-21(10-14-36)37-25-16-20(33)17-35-27(25)43-32(11-12-32)29(37)39/h3-8,15-17,21H,9-14,18H2,1-2H3,(H,40,41). The Morgan fingerprint density at radius 2 is 1.84 bits per heavy atom. The van der Waals surface area contributed by atoms with Gasteiger partial charge < -0.3 is 24.4 Å². The maximum absolute atomic E-state index is 13.5. The molecule has 224 valence electrons. The predicted molar refractivity (Wildman–Crippen MR) is 162 cm³/mol. The lowest BCUT2D eigenvalue weighted by Gasteiger charge is -2.42. The number of anilines is 1. The molecule has 43 heavy (non-hydrogen) atoms. The molecule has 2 aromatic carbocycles. The molecule has 1 spiro atoms. The van der Waals surface area contributed by atoms with Crippen molar-refractivity contribution in [1.29, 1.82) is 0 Å². The smallest absolute Gasteiger partial charge is 0.312 e. The summed E-state index contributed by atoms with van der Waals surface area (Å²) in [6.45, 7) is 4.11. The van der Waals surface area contributed by atoms with Gasteiger partial charge in [-0.2, -0.15) is 0 Å². The lowest BCUT2D eigenvalue weighted by molar-refractivity contribution is -0.148. The quantitative estimate of drug-likeness (QED) is 0.338. The molecule has 1 aromatic heterocycles. The minimum atomic E-state index is -1.06. The van der Waals surface area contributed by atoms with Crippen LogP contribution in [0, 0.1) is 5.41 Å². The fourth-order valence-electron chi connectivity index (χ4n) is 5.52. The first-order valence-corrected chi connectivity index (χ1v) is 15.0. The number of carbonyl (C=O) groups is 3. The van der Waals surface area contributed by atoms with Gasteiger partial charge in [-0.25, -0.2) is 4.98 Å². The number of benzene rings is 2. The number of carbonyl (C=O) groups excluding carboxylic acids is 2. The summed E-state index contributed by atoms with van der Waals surface area (Å²) in [6, 6.07) is 14.1. The van der Waals surface area contributed by atoms with Gasteiger partial charge in [-0.3, -0.25) is 14.4 Å². The van der Waals surface area contributed by atoms with E-state index in [1.165, 1.54) is 6.20 Å². The third-order valence-corrected chi connectivity index (χ3v) is 8.86. The molecule has 0 bridgehead atoms. The van der Waals surface area contributed by atoms with Crippen LogP contribution in [0.3, 0.4) is 0 Å². The fraction of sp³-hybridized carbons (Fsp3) is 0.375. The van der Waals surface area contributed by atoms with E-state index < -0.39 is 17.0 Å². The summed E-state index contributed by atoms with van der Waals surface area (Å²) < 4.78 is 11.9. The molecule has 1 saturated heterocycles. The molecule has 2 fully saturated rings. The minimum absolute atomic E-state index is 0.00816. The number of carboxylic acids is 1. The van der Waals surface area contributed by atoms with Crippen LogP contribution in [0.1, 0.15) is 49.9 Å². The number of carboxylic acid groups (broad SMARTS) is 1. The summed E-state index contributed by atoms with van der Waals surface area (Å²) in [6.07, 6.45) is 4.02. The second kappa shape index (κ2) is 11.0. The Morgan fingerprint density at radius 1 is 1.12 bits per heavy atom. The van der Waals surface area contributed by atoms with Crippen LogP contribution in [0.5, 0.6) is 11.6 Å². The minimum Gasteiger partial charge on any atom is -0.492 e. The van der Waals surface area contributed by atoms with Gasteiger partial charge in [-0.15, -0.1) is 0 Å². The Bertz CT molecular complexity index is 1610. The number of para-hydroxylation sites is 1. The summed E-state index contributed by atoms with van der Waals surface area (Å²) in [5.41, 5.74) is 0.561.